The zero-order valence-corrected chi connectivity index (χ0v) is 27.9. The maximum Gasteiger partial charge on any atom is 0.299 e. The summed E-state index contributed by atoms with van der Waals surface area (Å²) in [6.07, 6.45) is 0. The van der Waals surface area contributed by atoms with Gasteiger partial charge in [0.25, 0.3) is 17.6 Å². The minimum absolute atomic E-state index is 0.0560. The van der Waals surface area contributed by atoms with E-state index in [0.717, 1.165) is 29.9 Å². The lowest BCUT2D eigenvalue weighted by molar-refractivity contribution is -0.139. The van der Waals surface area contributed by atoms with Crippen molar-refractivity contribution in [1.29, 1.82) is 0 Å². The van der Waals surface area contributed by atoms with Crippen LogP contribution < -0.4 is 19.9 Å². The Kier molecular flexibility index (Phi) is 10.1. The van der Waals surface area contributed by atoms with Crippen LogP contribution in [0, 0.1) is 0 Å². The molecule has 252 valence electrons. The van der Waals surface area contributed by atoms with Crippen molar-refractivity contribution in [2.75, 3.05) is 55.1 Å². The Labute approximate surface area is 286 Å². The molecule has 0 bridgehead atoms. The van der Waals surface area contributed by atoms with E-state index >= 15 is 0 Å². The molecule has 4 aromatic rings. The number of Topliss-reactive ketones (excluding diaryl/α,β-unsaturated/α-hetero) is 1. The molecule has 0 saturated carbocycles. The molecule has 3 amide bonds. The summed E-state index contributed by atoms with van der Waals surface area (Å²) in [6.45, 7) is 6.72. The first-order valence-electron chi connectivity index (χ1n) is 16.4. The molecule has 1 fully saturated rings. The number of carbonyl (C=O) groups excluding carboxylic acids is 4. The van der Waals surface area contributed by atoms with E-state index in [-0.39, 0.29) is 18.0 Å². The summed E-state index contributed by atoms with van der Waals surface area (Å²) in [4.78, 5) is 59.7. The molecule has 2 aliphatic heterocycles. The van der Waals surface area contributed by atoms with Crippen molar-refractivity contribution < 1.29 is 28.7 Å². The largest absolute Gasteiger partial charge is 0.497 e. The number of para-hydroxylation sites is 1. The van der Waals surface area contributed by atoms with Crippen molar-refractivity contribution in [3.05, 3.63) is 119 Å². The van der Waals surface area contributed by atoms with Gasteiger partial charge in [0, 0.05) is 31.0 Å². The first-order chi connectivity index (χ1) is 23.7. The maximum atomic E-state index is 14.5. The monoisotopic (exact) mass is 660 g/mol. The summed E-state index contributed by atoms with van der Waals surface area (Å²) in [5.74, 6) is -1.43. The Morgan fingerprint density at radius 2 is 1.51 bits per heavy atom. The van der Waals surface area contributed by atoms with Gasteiger partial charge in [-0.1, -0.05) is 62.4 Å². The van der Waals surface area contributed by atoms with Crippen LogP contribution in [0.25, 0.3) is 0 Å². The van der Waals surface area contributed by atoms with Gasteiger partial charge in [-0.25, -0.2) is 0 Å². The van der Waals surface area contributed by atoms with E-state index in [1.54, 1.807) is 43.5 Å². The third-order valence-electron chi connectivity index (χ3n) is 8.99. The van der Waals surface area contributed by atoms with Crippen molar-refractivity contribution >= 4 is 40.6 Å². The maximum absolute atomic E-state index is 14.5. The summed E-state index contributed by atoms with van der Waals surface area (Å²) in [5.41, 5.74) is 4.69. The second-order valence-electron chi connectivity index (χ2n) is 12.5. The van der Waals surface area contributed by atoms with Crippen LogP contribution in [0.4, 0.5) is 17.1 Å². The fourth-order valence-electron chi connectivity index (χ4n) is 6.21. The van der Waals surface area contributed by atoms with Crippen LogP contribution in [0.3, 0.4) is 0 Å². The molecule has 1 unspecified atom stereocenters. The van der Waals surface area contributed by atoms with Gasteiger partial charge in [-0.05, 0) is 71.1 Å². The summed E-state index contributed by atoms with van der Waals surface area (Å²) < 4.78 is 10.8. The lowest BCUT2D eigenvalue weighted by atomic mass is 9.97. The molecule has 6 rings (SSSR count). The van der Waals surface area contributed by atoms with E-state index in [0.29, 0.717) is 35.9 Å². The third-order valence-corrected chi connectivity index (χ3v) is 8.99. The van der Waals surface area contributed by atoms with Gasteiger partial charge in [0.05, 0.1) is 31.6 Å². The van der Waals surface area contributed by atoms with E-state index in [2.05, 4.69) is 24.1 Å². The SMILES string of the molecule is COc1ccc(CN(C(=O)CN2C(=O)C(=O)c3ccccc32)C(C(=O)Nc2ccc(N3CCOCC3)cc2)c2ccc(C(C)C)cc2)cc1. The number of benzene rings is 4. The van der Waals surface area contributed by atoms with Crippen molar-refractivity contribution in [3.63, 3.8) is 0 Å². The van der Waals surface area contributed by atoms with Crippen LogP contribution in [0.2, 0.25) is 0 Å². The molecule has 0 radical (unpaired) electrons. The molecule has 1 atom stereocenters. The smallest absolute Gasteiger partial charge is 0.299 e. The first kappa shape index (κ1) is 33.4. The number of ether oxygens (including phenoxy) is 2. The number of hydrogen-bond acceptors (Lipinski definition) is 7. The Bertz CT molecular complexity index is 1820. The van der Waals surface area contributed by atoms with Crippen LogP contribution in [0.15, 0.2) is 97.1 Å². The second-order valence-corrected chi connectivity index (χ2v) is 12.5. The molecule has 0 aromatic heterocycles. The van der Waals surface area contributed by atoms with Gasteiger partial charge in [-0.3, -0.25) is 24.1 Å². The van der Waals surface area contributed by atoms with E-state index < -0.39 is 36.1 Å². The number of nitrogens with zero attached hydrogens (tertiary/aromatic N) is 3. The Morgan fingerprint density at radius 3 is 2.16 bits per heavy atom. The number of methoxy groups -OCH3 is 1. The Hall–Kier alpha value is -5.48. The number of hydrogen-bond donors (Lipinski definition) is 1. The molecule has 4 aromatic carbocycles. The third kappa shape index (κ3) is 7.34. The molecule has 49 heavy (non-hydrogen) atoms. The number of nitrogens with one attached hydrogen (secondary N) is 1. The zero-order valence-electron chi connectivity index (χ0n) is 27.9. The van der Waals surface area contributed by atoms with Crippen LogP contribution >= 0.6 is 0 Å². The Morgan fingerprint density at radius 1 is 0.857 bits per heavy atom. The minimum Gasteiger partial charge on any atom is -0.497 e. The van der Waals surface area contributed by atoms with Gasteiger partial charge >= 0.3 is 0 Å². The number of fused-ring (bicyclic) bond motifs is 1. The summed E-state index contributed by atoms with van der Waals surface area (Å²) in [7, 11) is 1.58. The van der Waals surface area contributed by atoms with Gasteiger partial charge in [0.2, 0.25) is 5.91 Å². The quantitative estimate of drug-likeness (QED) is 0.209. The van der Waals surface area contributed by atoms with Gasteiger partial charge in [-0.2, -0.15) is 0 Å². The summed E-state index contributed by atoms with van der Waals surface area (Å²) >= 11 is 0. The average molecular weight is 661 g/mol. The van der Waals surface area contributed by atoms with Crippen LogP contribution in [0.1, 0.15) is 52.9 Å². The predicted octanol–water partition coefficient (Wildman–Crippen LogP) is 5.59. The van der Waals surface area contributed by atoms with Gasteiger partial charge in [0.1, 0.15) is 18.3 Å². The molecule has 10 heteroatoms. The fraction of sp³-hybridized carbons (Fsp3) is 0.282. The molecule has 0 spiro atoms. The number of morpholine rings is 1. The van der Waals surface area contributed by atoms with E-state index in [1.807, 2.05) is 60.7 Å². The standard InChI is InChI=1S/C39H40N4O6/c1-26(2)28-10-12-29(13-11-28)36(38(46)40-30-14-16-31(17-15-30)41-20-22-49-23-21-41)43(24-27-8-18-32(48-3)19-9-27)35(44)25-42-34-7-5-4-6-33(34)37(45)39(42)47/h4-19,26,36H,20-25H2,1-3H3,(H,40,46). The molecule has 10 nitrogen and oxygen atoms in total. The lowest BCUT2D eigenvalue weighted by Crippen LogP contribution is -2.46. The Balaban J connectivity index is 1.36. The molecule has 2 aliphatic rings. The normalized spacial score (nSPS) is 14.9. The number of carbonyl (C=O) groups is 4. The molecule has 0 aliphatic carbocycles. The lowest BCUT2D eigenvalue weighted by Gasteiger charge is -2.33. The highest BCUT2D eigenvalue weighted by Gasteiger charge is 2.39. The van der Waals surface area contributed by atoms with Crippen molar-refractivity contribution in [2.24, 2.45) is 0 Å². The number of anilines is 3. The van der Waals surface area contributed by atoms with Crippen LogP contribution in [-0.2, 0) is 25.7 Å². The zero-order chi connectivity index (χ0) is 34.5. The highest BCUT2D eigenvalue weighted by Crippen LogP contribution is 2.32. The summed E-state index contributed by atoms with van der Waals surface area (Å²) in [6, 6.07) is 28.1. The van der Waals surface area contributed by atoms with Crippen molar-refractivity contribution in [2.45, 2.75) is 32.4 Å². The molecule has 2 heterocycles. The van der Waals surface area contributed by atoms with Gasteiger partial charge in [0.15, 0.2) is 0 Å². The van der Waals surface area contributed by atoms with E-state index in [1.165, 1.54) is 9.80 Å². The molecule has 1 saturated heterocycles. The topological polar surface area (TPSA) is 108 Å². The second kappa shape index (κ2) is 14.7. The molecular weight excluding hydrogens is 620 g/mol. The van der Waals surface area contributed by atoms with Crippen molar-refractivity contribution in [1.82, 2.24) is 4.90 Å². The molecule has 1 N–H and O–H groups in total. The number of amides is 3. The average Bonchev–Trinajstić information content (AvgIpc) is 3.37. The first-order valence-corrected chi connectivity index (χ1v) is 16.4. The summed E-state index contributed by atoms with van der Waals surface area (Å²) in [5, 5.41) is 3.04. The minimum atomic E-state index is -1.07. The van der Waals surface area contributed by atoms with Crippen LogP contribution in [0.5, 0.6) is 5.75 Å². The number of rotatable bonds is 11. The van der Waals surface area contributed by atoms with E-state index in [4.69, 9.17) is 9.47 Å². The van der Waals surface area contributed by atoms with Gasteiger partial charge < -0.3 is 24.6 Å². The fourth-order valence-corrected chi connectivity index (χ4v) is 6.21. The number of ketones is 1. The predicted molar refractivity (Wildman–Crippen MR) is 188 cm³/mol. The highest BCUT2D eigenvalue weighted by molar-refractivity contribution is 6.52. The van der Waals surface area contributed by atoms with Gasteiger partial charge in [-0.15, -0.1) is 0 Å². The highest BCUT2D eigenvalue weighted by atomic mass is 16.5. The van der Waals surface area contributed by atoms with Crippen LogP contribution in [-0.4, -0.2) is 68.4 Å². The van der Waals surface area contributed by atoms with Crippen molar-refractivity contribution in [3.8, 4) is 5.75 Å². The van der Waals surface area contributed by atoms with E-state index in [9.17, 15) is 19.2 Å². The molecular formula is C39H40N4O6.